The first-order valence-electron chi connectivity index (χ1n) is 10.5. The predicted molar refractivity (Wildman–Crippen MR) is 116 cm³/mol. The molecule has 0 bridgehead atoms. The van der Waals surface area contributed by atoms with Gasteiger partial charge in [0.25, 0.3) is 0 Å². The minimum absolute atomic E-state index is 0.00458. The lowest BCUT2D eigenvalue weighted by Gasteiger charge is -2.32. The summed E-state index contributed by atoms with van der Waals surface area (Å²) in [6.45, 7) is 16.4. The summed E-state index contributed by atoms with van der Waals surface area (Å²) < 4.78 is 21.1. The number of unbranched alkanes of at least 4 members (excludes halogenated alkanes) is 2. The average molecular weight is 413 g/mol. The number of methoxy groups -OCH3 is 1. The maximum Gasteiger partial charge on any atom is 0.457 e. The van der Waals surface area contributed by atoms with Crippen molar-refractivity contribution in [3.63, 3.8) is 0 Å². The van der Waals surface area contributed by atoms with Gasteiger partial charge in [0, 0.05) is 0 Å². The van der Waals surface area contributed by atoms with Gasteiger partial charge in [-0.3, -0.25) is 0 Å². The summed E-state index contributed by atoms with van der Waals surface area (Å²) in [7, 11) is 1.27. The first-order valence-corrected chi connectivity index (χ1v) is 10.5. The van der Waals surface area contributed by atoms with Crippen LogP contribution in [0.3, 0.4) is 0 Å². The largest absolute Gasteiger partial charge is 0.467 e. The molecule has 8 heteroatoms. The first kappa shape index (κ1) is 27.5. The van der Waals surface area contributed by atoms with Gasteiger partial charge < -0.3 is 24.1 Å². The van der Waals surface area contributed by atoms with E-state index in [9.17, 15) is 9.59 Å². The number of esters is 1. The number of hydrogen-bond acceptors (Lipinski definition) is 6. The summed E-state index contributed by atoms with van der Waals surface area (Å²) >= 11 is 0. The molecule has 0 aliphatic carbocycles. The van der Waals surface area contributed by atoms with E-state index in [1.807, 2.05) is 6.92 Å². The highest BCUT2D eigenvalue weighted by Crippen LogP contribution is 2.37. The molecule has 1 rings (SSSR count). The van der Waals surface area contributed by atoms with Crippen LogP contribution in [0.25, 0.3) is 0 Å². The Morgan fingerprint density at radius 1 is 1.10 bits per heavy atom. The molecular weight excluding hydrogens is 373 g/mol. The third-order valence-electron chi connectivity index (χ3n) is 5.01. The van der Waals surface area contributed by atoms with E-state index in [0.29, 0.717) is 13.0 Å². The predicted octanol–water partition coefficient (Wildman–Crippen LogP) is 4.51. The number of carbonyl (C=O) groups excluding carboxylic acids is 2. The summed E-state index contributed by atoms with van der Waals surface area (Å²) in [5.41, 5.74) is -0.323. The molecular formula is C21H40BNO6. The second kappa shape index (κ2) is 13.6. The van der Waals surface area contributed by atoms with Gasteiger partial charge in [-0.1, -0.05) is 39.2 Å². The van der Waals surface area contributed by atoms with Gasteiger partial charge in [0.1, 0.15) is 6.04 Å². The van der Waals surface area contributed by atoms with E-state index in [-0.39, 0.29) is 18.3 Å². The maximum atomic E-state index is 11.2. The Bertz CT molecular complexity index is 493. The minimum Gasteiger partial charge on any atom is -0.467 e. The summed E-state index contributed by atoms with van der Waals surface area (Å²) in [5, 5.41) is 2.42. The lowest BCUT2D eigenvalue weighted by atomic mass is 9.82. The molecule has 7 nitrogen and oxygen atoms in total. The standard InChI is InChI=1S/C11H19NO4.C10H21BO2/c1-4-6-8-16-11(14)12-9(7-5-2)10(13)15-3;1-6-7-8-11-12-9(2,3)10(4,5)13-11/h5,9H,2,4,6-8H2,1,3H3,(H,12,14);6-8H2,1-5H3/t9-;/m1./s1. The van der Waals surface area contributed by atoms with Crippen LogP contribution in [0.2, 0.25) is 6.32 Å². The van der Waals surface area contributed by atoms with Crippen molar-refractivity contribution in [3.8, 4) is 0 Å². The Hall–Kier alpha value is -1.54. The van der Waals surface area contributed by atoms with E-state index < -0.39 is 18.1 Å². The van der Waals surface area contributed by atoms with Gasteiger partial charge in [0.2, 0.25) is 0 Å². The van der Waals surface area contributed by atoms with Gasteiger partial charge >= 0.3 is 19.2 Å². The molecule has 0 aromatic rings. The highest BCUT2D eigenvalue weighted by atomic mass is 16.7. The molecule has 0 aromatic heterocycles. The molecule has 168 valence electrons. The third kappa shape index (κ3) is 10.2. The zero-order chi connectivity index (χ0) is 22.5. The molecule has 1 amide bonds. The molecule has 29 heavy (non-hydrogen) atoms. The monoisotopic (exact) mass is 413 g/mol. The van der Waals surface area contributed by atoms with Crippen LogP contribution in [-0.4, -0.2) is 50.1 Å². The van der Waals surface area contributed by atoms with Crippen LogP contribution in [0.5, 0.6) is 0 Å². The molecule has 0 unspecified atom stereocenters. The fourth-order valence-corrected chi connectivity index (χ4v) is 2.47. The van der Waals surface area contributed by atoms with Gasteiger partial charge in [-0.25, -0.2) is 9.59 Å². The second-order valence-corrected chi connectivity index (χ2v) is 8.06. The van der Waals surface area contributed by atoms with Gasteiger partial charge in [0.05, 0.1) is 24.9 Å². The van der Waals surface area contributed by atoms with Crippen molar-refractivity contribution >= 4 is 19.2 Å². The smallest absolute Gasteiger partial charge is 0.457 e. The van der Waals surface area contributed by atoms with Crippen molar-refractivity contribution in [1.29, 1.82) is 0 Å². The molecule has 1 fully saturated rings. The zero-order valence-corrected chi connectivity index (χ0v) is 19.3. The van der Waals surface area contributed by atoms with E-state index in [1.165, 1.54) is 26.0 Å². The van der Waals surface area contributed by atoms with Crippen LogP contribution in [0.4, 0.5) is 4.79 Å². The first-order chi connectivity index (χ1) is 13.5. The van der Waals surface area contributed by atoms with Crippen LogP contribution in [0.15, 0.2) is 12.7 Å². The van der Waals surface area contributed by atoms with E-state index in [2.05, 4.69) is 51.3 Å². The lowest BCUT2D eigenvalue weighted by Crippen LogP contribution is -2.41. The van der Waals surface area contributed by atoms with Crippen molar-refractivity contribution in [2.45, 2.75) is 97.2 Å². The van der Waals surface area contributed by atoms with Crippen molar-refractivity contribution in [3.05, 3.63) is 12.7 Å². The number of rotatable bonds is 10. The van der Waals surface area contributed by atoms with E-state index in [0.717, 1.165) is 19.2 Å². The Morgan fingerprint density at radius 3 is 2.10 bits per heavy atom. The van der Waals surface area contributed by atoms with Crippen molar-refractivity contribution in [2.24, 2.45) is 0 Å². The highest BCUT2D eigenvalue weighted by Gasteiger charge is 2.50. The Morgan fingerprint density at radius 2 is 1.66 bits per heavy atom. The second-order valence-electron chi connectivity index (χ2n) is 8.06. The van der Waals surface area contributed by atoms with Crippen LogP contribution in [0.1, 0.15) is 73.6 Å². The van der Waals surface area contributed by atoms with Gasteiger partial charge in [-0.05, 0) is 46.9 Å². The van der Waals surface area contributed by atoms with Crippen molar-refractivity contribution in [2.75, 3.05) is 13.7 Å². The summed E-state index contributed by atoms with van der Waals surface area (Å²) in [4.78, 5) is 22.5. The quantitative estimate of drug-likeness (QED) is 0.246. The molecule has 1 saturated heterocycles. The van der Waals surface area contributed by atoms with E-state index in [1.54, 1.807) is 0 Å². The molecule has 0 saturated carbocycles. The molecule has 1 heterocycles. The summed E-state index contributed by atoms with van der Waals surface area (Å²) in [5.74, 6) is -0.507. The Kier molecular flexibility index (Phi) is 12.9. The Labute approximate surface area is 177 Å². The van der Waals surface area contributed by atoms with Crippen molar-refractivity contribution in [1.82, 2.24) is 5.32 Å². The van der Waals surface area contributed by atoms with Crippen LogP contribution < -0.4 is 5.32 Å². The topological polar surface area (TPSA) is 83.1 Å². The van der Waals surface area contributed by atoms with Gasteiger partial charge in [-0.15, -0.1) is 6.58 Å². The average Bonchev–Trinajstić information content (AvgIpc) is 2.86. The fourth-order valence-electron chi connectivity index (χ4n) is 2.47. The SMILES string of the molecule is C=CC[C@@H](NC(=O)OCCCC)C(=O)OC.CCCCB1OC(C)(C)C(C)(C)O1. The Balaban J connectivity index is 0.000000551. The van der Waals surface area contributed by atoms with Crippen molar-refractivity contribution < 1.29 is 28.4 Å². The number of nitrogens with one attached hydrogen (secondary N) is 1. The third-order valence-corrected chi connectivity index (χ3v) is 5.01. The van der Waals surface area contributed by atoms with E-state index in [4.69, 9.17) is 14.0 Å². The number of hydrogen-bond donors (Lipinski definition) is 1. The molecule has 1 aliphatic rings. The van der Waals surface area contributed by atoms with Gasteiger partial charge in [-0.2, -0.15) is 0 Å². The molecule has 0 radical (unpaired) electrons. The van der Waals surface area contributed by atoms with Crippen LogP contribution >= 0.6 is 0 Å². The molecule has 1 N–H and O–H groups in total. The van der Waals surface area contributed by atoms with Gasteiger partial charge in [0.15, 0.2) is 0 Å². The molecule has 1 aliphatic heterocycles. The highest BCUT2D eigenvalue weighted by molar-refractivity contribution is 6.45. The fraction of sp³-hybridized carbons (Fsp3) is 0.810. The number of ether oxygens (including phenoxy) is 2. The normalized spacial score (nSPS) is 17.6. The molecule has 0 aromatic carbocycles. The number of alkyl carbamates (subject to hydrolysis) is 1. The molecule has 1 atom stereocenters. The zero-order valence-electron chi connectivity index (χ0n) is 19.3. The maximum absolute atomic E-state index is 11.2. The lowest BCUT2D eigenvalue weighted by molar-refractivity contribution is -0.142. The minimum atomic E-state index is -0.725. The van der Waals surface area contributed by atoms with Crippen LogP contribution in [0, 0.1) is 0 Å². The van der Waals surface area contributed by atoms with Crippen LogP contribution in [-0.2, 0) is 23.6 Å². The summed E-state index contributed by atoms with van der Waals surface area (Å²) in [6, 6.07) is -0.725. The van der Waals surface area contributed by atoms with E-state index >= 15 is 0 Å². The summed E-state index contributed by atoms with van der Waals surface area (Å²) in [6.07, 6.45) is 6.39. The number of carbonyl (C=O) groups is 2. The number of amides is 1. The molecule has 0 spiro atoms.